The van der Waals surface area contributed by atoms with Crippen molar-refractivity contribution in [3.63, 3.8) is 0 Å². The van der Waals surface area contributed by atoms with Gasteiger partial charge in [0.2, 0.25) is 0 Å². The lowest BCUT2D eigenvalue weighted by molar-refractivity contribution is 0.424. The van der Waals surface area contributed by atoms with Gasteiger partial charge in [0, 0.05) is 42.4 Å². The molecule has 0 bridgehead atoms. The van der Waals surface area contributed by atoms with Gasteiger partial charge >= 0.3 is 0 Å². The first-order chi connectivity index (χ1) is 8.96. The van der Waals surface area contributed by atoms with E-state index in [1.54, 1.807) is 0 Å². The molecule has 1 fully saturated rings. The third kappa shape index (κ3) is 4.43. The van der Waals surface area contributed by atoms with E-state index in [1.165, 1.54) is 41.4 Å². The first-order valence-electron chi connectivity index (χ1n) is 7.13. The minimum Gasteiger partial charge on any atom is -0.370 e. The molecule has 1 heterocycles. The quantitative estimate of drug-likeness (QED) is 0.912. The number of hydrogen-bond acceptors (Lipinski definition) is 3. The molecule has 106 valence electrons. The lowest BCUT2D eigenvalue weighted by Gasteiger charge is -2.29. The SMILES string of the molecule is Cc1cc(N2CCSCC2)ccc1CNC(C)(C)C. The van der Waals surface area contributed by atoms with Crippen LogP contribution in [0.3, 0.4) is 0 Å². The van der Waals surface area contributed by atoms with Gasteiger partial charge in [-0.2, -0.15) is 11.8 Å². The van der Waals surface area contributed by atoms with Gasteiger partial charge in [-0.1, -0.05) is 6.07 Å². The molecule has 0 unspecified atom stereocenters. The van der Waals surface area contributed by atoms with Crippen LogP contribution in [0.2, 0.25) is 0 Å². The normalized spacial score (nSPS) is 16.7. The molecule has 0 amide bonds. The van der Waals surface area contributed by atoms with Crippen molar-refractivity contribution in [2.24, 2.45) is 0 Å². The third-order valence-corrected chi connectivity index (χ3v) is 4.45. The van der Waals surface area contributed by atoms with Crippen molar-refractivity contribution in [2.45, 2.75) is 39.8 Å². The zero-order valence-electron chi connectivity index (χ0n) is 12.6. The fourth-order valence-electron chi connectivity index (χ4n) is 2.26. The van der Waals surface area contributed by atoms with Crippen LogP contribution in [0.15, 0.2) is 18.2 Å². The lowest BCUT2D eigenvalue weighted by atomic mass is 10.0. The van der Waals surface area contributed by atoms with Crippen LogP contribution < -0.4 is 10.2 Å². The lowest BCUT2D eigenvalue weighted by Crippen LogP contribution is -2.35. The first-order valence-corrected chi connectivity index (χ1v) is 8.28. The van der Waals surface area contributed by atoms with Gasteiger partial charge in [-0.3, -0.25) is 0 Å². The molecule has 1 aliphatic heterocycles. The molecule has 1 aromatic rings. The fraction of sp³-hybridized carbons (Fsp3) is 0.625. The third-order valence-electron chi connectivity index (χ3n) is 3.51. The van der Waals surface area contributed by atoms with E-state index in [1.807, 2.05) is 0 Å². The molecule has 1 aliphatic rings. The summed E-state index contributed by atoms with van der Waals surface area (Å²) in [6.45, 7) is 12.2. The fourth-order valence-corrected chi connectivity index (χ4v) is 3.16. The smallest absolute Gasteiger partial charge is 0.0369 e. The molecular weight excluding hydrogens is 252 g/mol. The Hall–Kier alpha value is -0.670. The maximum atomic E-state index is 3.56. The van der Waals surface area contributed by atoms with Crippen LogP contribution in [0.4, 0.5) is 5.69 Å². The zero-order chi connectivity index (χ0) is 13.9. The molecule has 0 aliphatic carbocycles. The Balaban J connectivity index is 2.04. The maximum Gasteiger partial charge on any atom is 0.0369 e. The molecule has 1 N–H and O–H groups in total. The molecule has 3 heteroatoms. The van der Waals surface area contributed by atoms with Crippen molar-refractivity contribution in [2.75, 3.05) is 29.5 Å². The standard InChI is InChI=1S/C16H26N2S/c1-13-11-15(18-7-9-19-10-8-18)6-5-14(13)12-17-16(2,3)4/h5-6,11,17H,7-10,12H2,1-4H3. The molecule has 1 saturated heterocycles. The second-order valence-electron chi connectivity index (χ2n) is 6.31. The second-order valence-corrected chi connectivity index (χ2v) is 7.54. The number of nitrogens with one attached hydrogen (secondary N) is 1. The average molecular weight is 278 g/mol. The summed E-state index contributed by atoms with van der Waals surface area (Å²) in [5.41, 5.74) is 4.37. The molecule has 1 aromatic carbocycles. The van der Waals surface area contributed by atoms with E-state index in [2.05, 4.69) is 67.9 Å². The van der Waals surface area contributed by atoms with Crippen LogP contribution in [0.25, 0.3) is 0 Å². The molecule has 2 nitrogen and oxygen atoms in total. The molecule has 0 aromatic heterocycles. The summed E-state index contributed by atoms with van der Waals surface area (Å²) in [6, 6.07) is 6.91. The molecule has 0 atom stereocenters. The molecular formula is C16H26N2S. The molecule has 0 spiro atoms. The number of benzene rings is 1. The van der Waals surface area contributed by atoms with Crippen LogP contribution >= 0.6 is 11.8 Å². The second kappa shape index (κ2) is 6.19. The van der Waals surface area contributed by atoms with E-state index < -0.39 is 0 Å². The van der Waals surface area contributed by atoms with Gasteiger partial charge in [0.05, 0.1) is 0 Å². The Bertz CT molecular complexity index is 417. The summed E-state index contributed by atoms with van der Waals surface area (Å²) in [7, 11) is 0. The van der Waals surface area contributed by atoms with Gasteiger partial charge in [-0.05, 0) is 51.0 Å². The summed E-state index contributed by atoms with van der Waals surface area (Å²) in [4.78, 5) is 2.50. The van der Waals surface area contributed by atoms with Crippen molar-refractivity contribution in [1.29, 1.82) is 0 Å². The minimum absolute atomic E-state index is 0.176. The Morgan fingerprint density at radius 1 is 1.21 bits per heavy atom. The van der Waals surface area contributed by atoms with Gasteiger partial charge in [0.15, 0.2) is 0 Å². The predicted octanol–water partition coefficient (Wildman–Crippen LogP) is 3.44. The number of aryl methyl sites for hydroxylation is 1. The molecule has 0 saturated carbocycles. The number of nitrogens with zero attached hydrogens (tertiary/aromatic N) is 1. The monoisotopic (exact) mass is 278 g/mol. The highest BCUT2D eigenvalue weighted by Crippen LogP contribution is 2.22. The van der Waals surface area contributed by atoms with Crippen molar-refractivity contribution in [3.8, 4) is 0 Å². The Morgan fingerprint density at radius 2 is 1.89 bits per heavy atom. The highest BCUT2D eigenvalue weighted by atomic mass is 32.2. The van der Waals surface area contributed by atoms with Crippen molar-refractivity contribution in [1.82, 2.24) is 5.32 Å². The van der Waals surface area contributed by atoms with E-state index in [-0.39, 0.29) is 5.54 Å². The Morgan fingerprint density at radius 3 is 2.47 bits per heavy atom. The Labute approximate surface area is 122 Å². The van der Waals surface area contributed by atoms with Crippen molar-refractivity contribution >= 4 is 17.4 Å². The topological polar surface area (TPSA) is 15.3 Å². The van der Waals surface area contributed by atoms with Crippen LogP contribution in [-0.4, -0.2) is 30.1 Å². The summed E-state index contributed by atoms with van der Waals surface area (Å²) in [5.74, 6) is 2.51. The van der Waals surface area contributed by atoms with Crippen LogP contribution in [-0.2, 0) is 6.54 Å². The van der Waals surface area contributed by atoms with E-state index in [0.717, 1.165) is 6.54 Å². The number of thioether (sulfide) groups is 1. The molecule has 2 rings (SSSR count). The van der Waals surface area contributed by atoms with E-state index in [9.17, 15) is 0 Å². The van der Waals surface area contributed by atoms with E-state index >= 15 is 0 Å². The number of hydrogen-bond donors (Lipinski definition) is 1. The Kier molecular flexibility index (Phi) is 4.80. The van der Waals surface area contributed by atoms with E-state index in [4.69, 9.17) is 0 Å². The van der Waals surface area contributed by atoms with Crippen LogP contribution in [0.5, 0.6) is 0 Å². The van der Waals surface area contributed by atoms with Gasteiger partial charge in [0.25, 0.3) is 0 Å². The van der Waals surface area contributed by atoms with Crippen LogP contribution in [0, 0.1) is 6.92 Å². The minimum atomic E-state index is 0.176. The zero-order valence-corrected chi connectivity index (χ0v) is 13.4. The molecule has 19 heavy (non-hydrogen) atoms. The van der Waals surface area contributed by atoms with Gasteiger partial charge < -0.3 is 10.2 Å². The summed E-state index contributed by atoms with van der Waals surface area (Å²) in [5, 5.41) is 3.56. The predicted molar refractivity (Wildman–Crippen MR) is 87.3 cm³/mol. The summed E-state index contributed by atoms with van der Waals surface area (Å²) < 4.78 is 0. The molecule has 0 radical (unpaired) electrons. The highest BCUT2D eigenvalue weighted by molar-refractivity contribution is 7.99. The number of anilines is 1. The van der Waals surface area contributed by atoms with Crippen molar-refractivity contribution in [3.05, 3.63) is 29.3 Å². The van der Waals surface area contributed by atoms with Gasteiger partial charge in [-0.25, -0.2) is 0 Å². The summed E-state index contributed by atoms with van der Waals surface area (Å²) >= 11 is 2.06. The average Bonchev–Trinajstić information content (AvgIpc) is 2.37. The summed E-state index contributed by atoms with van der Waals surface area (Å²) in [6.07, 6.45) is 0. The number of rotatable bonds is 3. The maximum absolute atomic E-state index is 3.56. The largest absolute Gasteiger partial charge is 0.370 e. The highest BCUT2D eigenvalue weighted by Gasteiger charge is 2.13. The van der Waals surface area contributed by atoms with Crippen molar-refractivity contribution < 1.29 is 0 Å². The first kappa shape index (κ1) is 14.7. The van der Waals surface area contributed by atoms with E-state index in [0.29, 0.717) is 0 Å². The van der Waals surface area contributed by atoms with Gasteiger partial charge in [-0.15, -0.1) is 0 Å². The van der Waals surface area contributed by atoms with Crippen LogP contribution in [0.1, 0.15) is 31.9 Å². The van der Waals surface area contributed by atoms with Gasteiger partial charge in [0.1, 0.15) is 0 Å².